The molecule has 0 saturated heterocycles. The molecular formula is C13H18N2O2. The molecule has 92 valence electrons. The van der Waals surface area contributed by atoms with Gasteiger partial charge in [0.2, 0.25) is 0 Å². The Hall–Kier alpha value is -1.44. The molecule has 17 heavy (non-hydrogen) atoms. The van der Waals surface area contributed by atoms with E-state index in [4.69, 9.17) is 14.7 Å². The normalized spacial score (nSPS) is 10.5. The van der Waals surface area contributed by atoms with Crippen LogP contribution in [0.2, 0.25) is 0 Å². The summed E-state index contributed by atoms with van der Waals surface area (Å²) in [4.78, 5) is 3.89. The molecule has 0 aromatic carbocycles. The van der Waals surface area contributed by atoms with Crippen LogP contribution in [0.15, 0.2) is 18.3 Å². The van der Waals surface area contributed by atoms with Crippen molar-refractivity contribution in [3.8, 4) is 6.07 Å². The lowest BCUT2D eigenvalue weighted by Gasteiger charge is -2.07. The molecule has 0 aliphatic heterocycles. The first-order chi connectivity index (χ1) is 8.22. The molecule has 0 saturated carbocycles. The van der Waals surface area contributed by atoms with Gasteiger partial charge in [-0.05, 0) is 23.6 Å². The maximum atomic E-state index is 8.68. The number of aromatic nitrogens is 1. The molecule has 1 heterocycles. The van der Waals surface area contributed by atoms with E-state index >= 15 is 0 Å². The monoisotopic (exact) mass is 234 g/mol. The molecule has 0 fully saturated rings. The summed E-state index contributed by atoms with van der Waals surface area (Å²) < 4.78 is 10.8. The zero-order valence-electron chi connectivity index (χ0n) is 10.3. The van der Waals surface area contributed by atoms with Gasteiger partial charge in [0, 0.05) is 12.8 Å². The molecule has 0 N–H and O–H groups in total. The molecule has 0 spiro atoms. The van der Waals surface area contributed by atoms with Crippen molar-refractivity contribution in [3.05, 3.63) is 29.6 Å². The fraction of sp³-hybridized carbons (Fsp3) is 0.538. The first-order valence-electron chi connectivity index (χ1n) is 5.73. The van der Waals surface area contributed by atoms with Gasteiger partial charge < -0.3 is 9.47 Å². The lowest BCUT2D eigenvalue weighted by molar-refractivity contribution is 0.0314. The molecule has 0 amide bonds. The highest BCUT2D eigenvalue weighted by molar-refractivity contribution is 5.24. The minimum atomic E-state index is 0.419. The van der Waals surface area contributed by atoms with Crippen molar-refractivity contribution in [3.63, 3.8) is 0 Å². The van der Waals surface area contributed by atoms with E-state index in [1.807, 2.05) is 12.1 Å². The molecule has 0 aliphatic rings. The summed E-state index contributed by atoms with van der Waals surface area (Å²) in [7, 11) is 0. The Kier molecular flexibility index (Phi) is 6.23. The van der Waals surface area contributed by atoms with Gasteiger partial charge in [-0.3, -0.25) is 0 Å². The topological polar surface area (TPSA) is 55.1 Å². The molecule has 0 aliphatic carbocycles. The van der Waals surface area contributed by atoms with Crippen LogP contribution in [-0.4, -0.2) is 24.8 Å². The third-order valence-corrected chi connectivity index (χ3v) is 2.03. The Morgan fingerprint density at radius 3 is 2.82 bits per heavy atom. The number of hydrogen-bond acceptors (Lipinski definition) is 4. The molecule has 0 atom stereocenters. The van der Waals surface area contributed by atoms with E-state index in [1.54, 1.807) is 12.3 Å². The van der Waals surface area contributed by atoms with Crippen LogP contribution in [0.4, 0.5) is 0 Å². The average Bonchev–Trinajstić information content (AvgIpc) is 2.33. The van der Waals surface area contributed by atoms with Crippen LogP contribution >= 0.6 is 0 Å². The van der Waals surface area contributed by atoms with Gasteiger partial charge >= 0.3 is 0 Å². The maximum Gasteiger partial charge on any atom is 0.140 e. The van der Waals surface area contributed by atoms with Gasteiger partial charge in [-0.2, -0.15) is 5.26 Å². The number of nitriles is 1. The van der Waals surface area contributed by atoms with Gasteiger partial charge in [-0.1, -0.05) is 13.8 Å². The standard InChI is InChI=1S/C13H18N2O2/c1-11(2)9-16-5-6-17-10-12-3-4-15-13(7-12)8-14/h3-4,7,11H,5-6,9-10H2,1-2H3. The van der Waals surface area contributed by atoms with Gasteiger partial charge in [-0.25, -0.2) is 4.98 Å². The van der Waals surface area contributed by atoms with Crippen LogP contribution in [-0.2, 0) is 16.1 Å². The Labute approximate surface area is 102 Å². The molecule has 4 heteroatoms. The van der Waals surface area contributed by atoms with Crippen LogP contribution in [0, 0.1) is 17.2 Å². The van der Waals surface area contributed by atoms with Crippen molar-refractivity contribution in [1.82, 2.24) is 4.98 Å². The smallest absolute Gasteiger partial charge is 0.140 e. The highest BCUT2D eigenvalue weighted by Gasteiger charge is 1.97. The van der Waals surface area contributed by atoms with E-state index < -0.39 is 0 Å². The van der Waals surface area contributed by atoms with Crippen molar-refractivity contribution >= 4 is 0 Å². The number of rotatable bonds is 7. The summed E-state index contributed by atoms with van der Waals surface area (Å²) >= 11 is 0. The molecule has 0 unspecified atom stereocenters. The number of pyridine rings is 1. The Bertz CT molecular complexity index is 372. The highest BCUT2D eigenvalue weighted by atomic mass is 16.5. The van der Waals surface area contributed by atoms with Gasteiger partial charge in [0.05, 0.1) is 19.8 Å². The predicted molar refractivity (Wildman–Crippen MR) is 64.3 cm³/mol. The lowest BCUT2D eigenvalue weighted by atomic mass is 10.2. The quantitative estimate of drug-likeness (QED) is 0.678. The molecule has 1 aromatic heterocycles. The van der Waals surface area contributed by atoms with Crippen molar-refractivity contribution in [2.45, 2.75) is 20.5 Å². The van der Waals surface area contributed by atoms with Crippen molar-refractivity contribution < 1.29 is 9.47 Å². The second-order valence-electron chi connectivity index (χ2n) is 4.18. The van der Waals surface area contributed by atoms with Crippen molar-refractivity contribution in [2.24, 2.45) is 5.92 Å². The van der Waals surface area contributed by atoms with Gasteiger partial charge in [0.1, 0.15) is 11.8 Å². The molecule has 1 aromatic rings. The van der Waals surface area contributed by atoms with Crippen LogP contribution in [0.5, 0.6) is 0 Å². The summed E-state index contributed by atoms with van der Waals surface area (Å²) in [5, 5.41) is 8.68. The molecule has 4 nitrogen and oxygen atoms in total. The fourth-order valence-electron chi connectivity index (χ4n) is 1.25. The minimum absolute atomic E-state index is 0.419. The van der Waals surface area contributed by atoms with E-state index in [-0.39, 0.29) is 0 Å². The van der Waals surface area contributed by atoms with Crippen LogP contribution in [0.25, 0.3) is 0 Å². The predicted octanol–water partition coefficient (Wildman–Crippen LogP) is 2.14. The Morgan fingerprint density at radius 2 is 2.12 bits per heavy atom. The number of nitrogens with zero attached hydrogens (tertiary/aromatic N) is 2. The second-order valence-corrected chi connectivity index (χ2v) is 4.18. The molecular weight excluding hydrogens is 216 g/mol. The molecule has 0 radical (unpaired) electrons. The number of ether oxygens (including phenoxy) is 2. The van der Waals surface area contributed by atoms with Crippen molar-refractivity contribution in [2.75, 3.05) is 19.8 Å². The van der Waals surface area contributed by atoms with E-state index in [0.717, 1.165) is 12.2 Å². The SMILES string of the molecule is CC(C)COCCOCc1ccnc(C#N)c1. The van der Waals surface area contributed by atoms with Crippen LogP contribution < -0.4 is 0 Å². The zero-order chi connectivity index (χ0) is 12.5. The largest absolute Gasteiger partial charge is 0.379 e. The third-order valence-electron chi connectivity index (χ3n) is 2.03. The average molecular weight is 234 g/mol. The van der Waals surface area contributed by atoms with E-state index in [2.05, 4.69) is 18.8 Å². The molecule has 1 rings (SSSR count). The van der Waals surface area contributed by atoms with Crippen LogP contribution in [0.3, 0.4) is 0 Å². The fourth-order valence-corrected chi connectivity index (χ4v) is 1.25. The maximum absolute atomic E-state index is 8.68. The summed E-state index contributed by atoms with van der Waals surface area (Å²) in [5.41, 5.74) is 1.38. The Morgan fingerprint density at radius 1 is 1.35 bits per heavy atom. The Balaban J connectivity index is 2.16. The zero-order valence-corrected chi connectivity index (χ0v) is 10.3. The van der Waals surface area contributed by atoms with Crippen LogP contribution in [0.1, 0.15) is 25.1 Å². The van der Waals surface area contributed by atoms with Gasteiger partial charge in [-0.15, -0.1) is 0 Å². The second kappa shape index (κ2) is 7.77. The van der Waals surface area contributed by atoms with Crippen molar-refractivity contribution in [1.29, 1.82) is 5.26 Å². The third kappa shape index (κ3) is 6.00. The minimum Gasteiger partial charge on any atom is -0.379 e. The summed E-state index contributed by atoms with van der Waals surface area (Å²) in [5.74, 6) is 0.549. The lowest BCUT2D eigenvalue weighted by Crippen LogP contribution is -2.08. The number of hydrogen-bond donors (Lipinski definition) is 0. The highest BCUT2D eigenvalue weighted by Crippen LogP contribution is 2.02. The summed E-state index contributed by atoms with van der Waals surface area (Å²) in [6.45, 7) is 6.65. The van der Waals surface area contributed by atoms with Gasteiger partial charge in [0.25, 0.3) is 0 Å². The summed E-state index contributed by atoms with van der Waals surface area (Å²) in [6.07, 6.45) is 1.62. The van der Waals surface area contributed by atoms with Gasteiger partial charge in [0.15, 0.2) is 0 Å². The summed E-state index contributed by atoms with van der Waals surface area (Å²) in [6, 6.07) is 5.57. The van der Waals surface area contributed by atoms with E-state index in [1.165, 1.54) is 0 Å². The van der Waals surface area contributed by atoms with E-state index in [9.17, 15) is 0 Å². The first kappa shape index (κ1) is 13.6. The first-order valence-corrected chi connectivity index (χ1v) is 5.73. The molecule has 0 bridgehead atoms. The van der Waals surface area contributed by atoms with E-state index in [0.29, 0.717) is 31.4 Å².